The van der Waals surface area contributed by atoms with Gasteiger partial charge < -0.3 is 23.9 Å². The quantitative estimate of drug-likeness (QED) is 0.159. The minimum absolute atomic E-state index is 0.0436. The van der Waals surface area contributed by atoms with E-state index in [9.17, 15) is 9.59 Å². The fourth-order valence-electron chi connectivity index (χ4n) is 5.52. The van der Waals surface area contributed by atoms with Crippen LogP contribution in [0.25, 0.3) is 45.1 Å². The van der Waals surface area contributed by atoms with Crippen molar-refractivity contribution in [2.45, 2.75) is 26.2 Å². The monoisotopic (exact) mass is 1070 g/mol. The molecular formula is C42H29Br3ClIN4O5. The van der Waals surface area contributed by atoms with Crippen LogP contribution in [0.5, 0.6) is 0 Å². The molecule has 14 heteroatoms. The Morgan fingerprint density at radius 3 is 1.86 bits per heavy atom. The molecule has 9 nitrogen and oxygen atoms in total. The number of nitrogens with zero attached hydrogens (tertiary/aromatic N) is 2. The molecule has 56 heavy (non-hydrogen) atoms. The molecule has 0 radical (unpaired) electrons. The molecule has 0 unspecified atom stereocenters. The third-order valence-corrected chi connectivity index (χ3v) is 11.0. The zero-order chi connectivity index (χ0) is 39.7. The summed E-state index contributed by atoms with van der Waals surface area (Å²) < 4.78 is 20.3. The highest BCUT2D eigenvalue weighted by Gasteiger charge is 2.17. The van der Waals surface area contributed by atoms with Crippen LogP contribution in [0.15, 0.2) is 136 Å². The van der Waals surface area contributed by atoms with Crippen LogP contribution in [0.1, 0.15) is 47.2 Å². The molecule has 0 fully saturated rings. The summed E-state index contributed by atoms with van der Waals surface area (Å²) in [6.45, 7) is 6.43. The lowest BCUT2D eigenvalue weighted by Gasteiger charge is -2.19. The van der Waals surface area contributed by atoms with Gasteiger partial charge in [0.05, 0.1) is 16.1 Å². The molecule has 3 heterocycles. The minimum Gasteiger partial charge on any atom is -0.444 e. The summed E-state index contributed by atoms with van der Waals surface area (Å²) in [5, 5.41) is 6.26. The van der Waals surface area contributed by atoms with E-state index in [-0.39, 0.29) is 23.0 Å². The summed E-state index contributed by atoms with van der Waals surface area (Å²) in [7, 11) is 0. The standard InChI is InChI=1S/C24H20BrClN2O2.C18H9Br2IN2O3/c1-24(2,3)15-6-4-14(5-7-15)22(29)27-17-9-11-21-20(13-17)28-23(30-21)18-12-16(25)8-10-19(18)26;19-12-3-1-9(21)7-11(12)18-23-13-8-10(2-4-14(13)26-18)22-17(24)15-5-6-16(20)25-15/h4-13H,1-3H3,(H,27,29);1-8H,(H,22,24). The van der Waals surface area contributed by atoms with Crippen molar-refractivity contribution in [1.29, 1.82) is 0 Å². The fraction of sp³-hybridized carbons (Fsp3) is 0.0952. The van der Waals surface area contributed by atoms with Gasteiger partial charge in [-0.1, -0.05) is 60.4 Å². The van der Waals surface area contributed by atoms with E-state index >= 15 is 0 Å². The van der Waals surface area contributed by atoms with E-state index < -0.39 is 0 Å². The second kappa shape index (κ2) is 16.7. The van der Waals surface area contributed by atoms with Crippen LogP contribution in [0, 0.1) is 3.57 Å². The molecule has 0 aliphatic carbocycles. The lowest BCUT2D eigenvalue weighted by atomic mass is 9.87. The van der Waals surface area contributed by atoms with Gasteiger partial charge in [-0.2, -0.15) is 0 Å². The Balaban J connectivity index is 0.000000173. The first-order valence-electron chi connectivity index (χ1n) is 16.9. The van der Waals surface area contributed by atoms with Gasteiger partial charge in [0.2, 0.25) is 11.8 Å². The molecule has 5 aromatic carbocycles. The number of carbonyl (C=O) groups excluding carboxylic acids is 2. The second-order valence-corrected chi connectivity index (χ2v) is 17.7. The SMILES string of the molecule is CC(C)(C)c1ccc(C(=O)Nc2ccc3oc(-c4cc(Br)ccc4Cl)nc3c2)cc1.O=C(Nc1ccc2oc(-c3cc(I)ccc3Br)nc2c1)c1ccc(Br)o1. The van der Waals surface area contributed by atoms with Crippen LogP contribution in [0.3, 0.4) is 0 Å². The molecule has 282 valence electrons. The van der Waals surface area contributed by atoms with E-state index in [1.807, 2.05) is 54.6 Å². The summed E-state index contributed by atoms with van der Waals surface area (Å²) in [6.07, 6.45) is 0. The Kier molecular flexibility index (Phi) is 11.9. The maximum atomic E-state index is 12.6. The van der Waals surface area contributed by atoms with Crippen LogP contribution < -0.4 is 10.6 Å². The van der Waals surface area contributed by atoms with E-state index in [0.717, 1.165) is 18.1 Å². The van der Waals surface area contributed by atoms with Crippen molar-refractivity contribution >= 4 is 127 Å². The zero-order valence-corrected chi connectivity index (χ0v) is 37.4. The lowest BCUT2D eigenvalue weighted by Crippen LogP contribution is -2.14. The van der Waals surface area contributed by atoms with Crippen LogP contribution in [0.2, 0.25) is 5.02 Å². The summed E-state index contributed by atoms with van der Waals surface area (Å²) in [5.74, 6) is 0.662. The number of nitrogens with one attached hydrogen (secondary N) is 2. The van der Waals surface area contributed by atoms with Gasteiger partial charge in [0.1, 0.15) is 11.0 Å². The van der Waals surface area contributed by atoms with Crippen molar-refractivity contribution < 1.29 is 22.8 Å². The number of aromatic nitrogens is 2. The number of oxazole rings is 2. The van der Waals surface area contributed by atoms with Gasteiger partial charge in [0, 0.05) is 29.5 Å². The highest BCUT2D eigenvalue weighted by Crippen LogP contribution is 2.34. The summed E-state index contributed by atoms with van der Waals surface area (Å²) in [5.41, 5.74) is 7.22. The molecule has 0 saturated heterocycles. The average Bonchev–Trinajstić information content (AvgIpc) is 3.91. The summed E-state index contributed by atoms with van der Waals surface area (Å²) in [6, 6.07) is 33.1. The van der Waals surface area contributed by atoms with Gasteiger partial charge in [-0.3, -0.25) is 9.59 Å². The minimum atomic E-state index is -0.334. The van der Waals surface area contributed by atoms with Gasteiger partial charge in [-0.25, -0.2) is 9.97 Å². The molecule has 2 N–H and O–H groups in total. The molecule has 0 spiro atoms. The molecule has 0 aliphatic rings. The number of halogens is 5. The number of benzene rings is 5. The summed E-state index contributed by atoms with van der Waals surface area (Å²) in [4.78, 5) is 33.9. The normalized spacial score (nSPS) is 11.4. The summed E-state index contributed by atoms with van der Waals surface area (Å²) >= 11 is 18.7. The second-order valence-electron chi connectivity index (χ2n) is 13.5. The van der Waals surface area contributed by atoms with Gasteiger partial charge in [0.15, 0.2) is 21.6 Å². The fourth-order valence-corrected chi connectivity index (χ4v) is 7.29. The van der Waals surface area contributed by atoms with Crippen LogP contribution in [-0.2, 0) is 5.41 Å². The maximum Gasteiger partial charge on any atom is 0.291 e. The Hall–Kier alpha value is -4.28. The third-order valence-electron chi connectivity index (χ3n) is 8.42. The van der Waals surface area contributed by atoms with Crippen LogP contribution in [-0.4, -0.2) is 21.8 Å². The van der Waals surface area contributed by atoms with E-state index in [2.05, 4.69) is 112 Å². The third kappa shape index (κ3) is 9.29. The molecule has 3 aromatic heterocycles. The van der Waals surface area contributed by atoms with Crippen LogP contribution >= 0.6 is 82.0 Å². The van der Waals surface area contributed by atoms with Gasteiger partial charge in [0.25, 0.3) is 11.8 Å². The average molecular weight is 1070 g/mol. The van der Waals surface area contributed by atoms with Crippen molar-refractivity contribution in [2.75, 3.05) is 10.6 Å². The zero-order valence-electron chi connectivity index (χ0n) is 29.7. The number of furan rings is 1. The van der Waals surface area contributed by atoms with Crippen molar-refractivity contribution in [3.8, 4) is 22.9 Å². The highest BCUT2D eigenvalue weighted by molar-refractivity contribution is 14.1. The first kappa shape index (κ1) is 39.9. The highest BCUT2D eigenvalue weighted by atomic mass is 127. The maximum absolute atomic E-state index is 12.6. The number of rotatable bonds is 6. The largest absolute Gasteiger partial charge is 0.444 e. The van der Waals surface area contributed by atoms with Crippen LogP contribution in [0.4, 0.5) is 11.4 Å². The van der Waals surface area contributed by atoms with E-state index in [1.54, 1.807) is 54.6 Å². The molecule has 2 amide bonds. The Morgan fingerprint density at radius 2 is 1.27 bits per heavy atom. The van der Waals surface area contributed by atoms with Gasteiger partial charge in [-0.15, -0.1) is 0 Å². The number of fused-ring (bicyclic) bond motifs is 2. The Bertz CT molecular complexity index is 2760. The number of hydrogen-bond acceptors (Lipinski definition) is 7. The van der Waals surface area contributed by atoms with E-state index in [1.165, 1.54) is 5.56 Å². The van der Waals surface area contributed by atoms with Crippen molar-refractivity contribution in [2.24, 2.45) is 0 Å². The van der Waals surface area contributed by atoms with Gasteiger partial charge in [-0.05, 0) is 162 Å². The van der Waals surface area contributed by atoms with E-state index in [0.29, 0.717) is 66.2 Å². The van der Waals surface area contributed by atoms with Gasteiger partial charge >= 0.3 is 0 Å². The lowest BCUT2D eigenvalue weighted by molar-refractivity contribution is 0.0993. The first-order valence-corrected chi connectivity index (χ1v) is 20.7. The van der Waals surface area contributed by atoms with Crippen molar-refractivity contribution in [3.05, 3.63) is 148 Å². The molecule has 0 bridgehead atoms. The molecule has 8 rings (SSSR count). The smallest absolute Gasteiger partial charge is 0.291 e. The molecule has 0 aliphatic heterocycles. The van der Waals surface area contributed by atoms with Crippen molar-refractivity contribution in [1.82, 2.24) is 9.97 Å². The Morgan fingerprint density at radius 1 is 0.661 bits per heavy atom. The predicted octanol–water partition coefficient (Wildman–Crippen LogP) is 13.9. The molecule has 0 atom stereocenters. The van der Waals surface area contributed by atoms with E-state index in [4.69, 9.17) is 24.9 Å². The number of anilines is 2. The predicted molar refractivity (Wildman–Crippen MR) is 239 cm³/mol. The first-order chi connectivity index (χ1) is 26.7. The molecule has 0 saturated carbocycles. The number of carbonyl (C=O) groups is 2. The topological polar surface area (TPSA) is 123 Å². The molecular weight excluding hydrogens is 1040 g/mol. The Labute approximate surface area is 365 Å². The molecule has 8 aromatic rings. The number of amides is 2. The van der Waals surface area contributed by atoms with Crippen molar-refractivity contribution in [3.63, 3.8) is 0 Å². The number of hydrogen-bond donors (Lipinski definition) is 2.